The highest BCUT2D eigenvalue weighted by atomic mass is 16.4. The van der Waals surface area contributed by atoms with E-state index in [1.165, 1.54) is 0 Å². The number of nitrogens with zero attached hydrogens (tertiary/aromatic N) is 1. The van der Waals surface area contributed by atoms with Gasteiger partial charge in [0.05, 0.1) is 6.54 Å². The maximum atomic E-state index is 11.6. The molecule has 0 aromatic heterocycles. The van der Waals surface area contributed by atoms with Crippen LogP contribution in [-0.2, 0) is 9.59 Å². The molecule has 18 heavy (non-hydrogen) atoms. The number of rotatable bonds is 7. The summed E-state index contributed by atoms with van der Waals surface area (Å²) in [7, 11) is 0. The van der Waals surface area contributed by atoms with Gasteiger partial charge in [-0.3, -0.25) is 14.5 Å². The Morgan fingerprint density at radius 2 is 2.00 bits per heavy atom. The van der Waals surface area contributed by atoms with E-state index in [-0.39, 0.29) is 18.5 Å². The first-order valence-corrected chi connectivity index (χ1v) is 6.67. The lowest BCUT2D eigenvalue weighted by Crippen LogP contribution is -2.54. The van der Waals surface area contributed by atoms with Crippen molar-refractivity contribution < 1.29 is 14.7 Å². The van der Waals surface area contributed by atoms with Crippen molar-refractivity contribution in [2.24, 2.45) is 5.92 Å². The molecule has 0 aliphatic heterocycles. The zero-order chi connectivity index (χ0) is 13.7. The monoisotopic (exact) mass is 256 g/mol. The van der Waals surface area contributed by atoms with Gasteiger partial charge in [-0.1, -0.05) is 20.8 Å². The van der Waals surface area contributed by atoms with E-state index in [2.05, 4.69) is 5.32 Å². The summed E-state index contributed by atoms with van der Waals surface area (Å²) in [6.45, 7) is 6.84. The van der Waals surface area contributed by atoms with Gasteiger partial charge in [0.25, 0.3) is 0 Å². The highest BCUT2D eigenvalue weighted by Crippen LogP contribution is 2.25. The number of likely N-dealkylation sites (N-methyl/N-ethyl adjacent to an activating group) is 1. The summed E-state index contributed by atoms with van der Waals surface area (Å²) in [5.74, 6) is -0.307. The number of amides is 1. The van der Waals surface area contributed by atoms with E-state index in [1.807, 2.05) is 25.7 Å². The molecule has 0 radical (unpaired) electrons. The number of hydrogen-bond donors (Lipinski definition) is 2. The molecule has 0 aromatic rings. The lowest BCUT2D eigenvalue weighted by Gasteiger charge is -2.42. The van der Waals surface area contributed by atoms with E-state index in [1.54, 1.807) is 0 Å². The van der Waals surface area contributed by atoms with Gasteiger partial charge in [0.15, 0.2) is 0 Å². The molecule has 0 bridgehead atoms. The van der Waals surface area contributed by atoms with Gasteiger partial charge in [-0.25, -0.2) is 0 Å². The molecule has 0 saturated heterocycles. The highest BCUT2D eigenvalue weighted by molar-refractivity contribution is 5.76. The van der Waals surface area contributed by atoms with Crippen LogP contribution in [0.15, 0.2) is 0 Å². The highest BCUT2D eigenvalue weighted by Gasteiger charge is 2.34. The molecule has 1 fully saturated rings. The molecule has 1 aliphatic rings. The van der Waals surface area contributed by atoms with Crippen LogP contribution < -0.4 is 5.32 Å². The Morgan fingerprint density at radius 3 is 2.44 bits per heavy atom. The fraction of sp³-hybridized carbons (Fsp3) is 0.846. The Bertz CT molecular complexity index is 299. The van der Waals surface area contributed by atoms with Crippen LogP contribution in [0.2, 0.25) is 0 Å². The molecule has 0 heterocycles. The van der Waals surface area contributed by atoms with Gasteiger partial charge in [-0.2, -0.15) is 0 Å². The molecule has 0 atom stereocenters. The second-order valence-electron chi connectivity index (χ2n) is 5.44. The van der Waals surface area contributed by atoms with Gasteiger partial charge in [-0.15, -0.1) is 0 Å². The largest absolute Gasteiger partial charge is 0.480 e. The average molecular weight is 256 g/mol. The molecule has 0 aromatic carbocycles. The Hall–Kier alpha value is -1.10. The number of carbonyl (C=O) groups is 2. The van der Waals surface area contributed by atoms with Crippen molar-refractivity contribution in [2.45, 2.75) is 52.1 Å². The van der Waals surface area contributed by atoms with Gasteiger partial charge in [0.2, 0.25) is 5.91 Å². The average Bonchev–Trinajstić information content (AvgIpc) is 2.18. The van der Waals surface area contributed by atoms with Crippen LogP contribution in [-0.4, -0.2) is 47.1 Å². The minimum absolute atomic E-state index is 0.0911. The van der Waals surface area contributed by atoms with E-state index in [4.69, 9.17) is 5.11 Å². The zero-order valence-electron chi connectivity index (χ0n) is 11.5. The summed E-state index contributed by atoms with van der Waals surface area (Å²) in [5.41, 5.74) is 0. The van der Waals surface area contributed by atoms with E-state index < -0.39 is 5.97 Å². The Balaban J connectivity index is 2.26. The zero-order valence-corrected chi connectivity index (χ0v) is 11.5. The van der Waals surface area contributed by atoms with Crippen molar-refractivity contribution in [1.29, 1.82) is 0 Å². The molecule has 1 amide bonds. The van der Waals surface area contributed by atoms with Crippen molar-refractivity contribution >= 4 is 11.9 Å². The topological polar surface area (TPSA) is 69.6 Å². The normalized spacial score (nSPS) is 22.9. The molecule has 1 rings (SSSR count). The molecule has 104 valence electrons. The van der Waals surface area contributed by atoms with Crippen LogP contribution in [0.3, 0.4) is 0 Å². The standard InChI is InChI=1S/C13H24N2O3/c1-4-15(8-13(17)18)11-6-10(7-11)14-12(16)5-9(2)3/h9-11H,4-8H2,1-3H3,(H,14,16)(H,17,18). The number of carboxylic acid groups (broad SMARTS) is 1. The number of hydrogen-bond acceptors (Lipinski definition) is 3. The summed E-state index contributed by atoms with van der Waals surface area (Å²) in [6, 6.07) is 0.527. The molecule has 5 nitrogen and oxygen atoms in total. The molecule has 2 N–H and O–H groups in total. The van der Waals surface area contributed by atoms with E-state index in [0.717, 1.165) is 19.4 Å². The minimum atomic E-state index is -0.788. The fourth-order valence-corrected chi connectivity index (χ4v) is 2.33. The van der Waals surface area contributed by atoms with Crippen LogP contribution in [0.1, 0.15) is 40.0 Å². The maximum Gasteiger partial charge on any atom is 0.317 e. The Labute approximate surface area is 109 Å². The summed E-state index contributed by atoms with van der Waals surface area (Å²) in [4.78, 5) is 24.2. The lowest BCUT2D eigenvalue weighted by atomic mass is 9.85. The first-order valence-electron chi connectivity index (χ1n) is 6.67. The molecular weight excluding hydrogens is 232 g/mol. The van der Waals surface area contributed by atoms with Crippen molar-refractivity contribution in [1.82, 2.24) is 10.2 Å². The molecule has 0 unspecified atom stereocenters. The summed E-state index contributed by atoms with van der Waals surface area (Å²) < 4.78 is 0. The number of carbonyl (C=O) groups excluding carboxylic acids is 1. The van der Waals surface area contributed by atoms with Crippen molar-refractivity contribution in [3.8, 4) is 0 Å². The molecule has 0 spiro atoms. The van der Waals surface area contributed by atoms with E-state index >= 15 is 0 Å². The first-order chi connectivity index (χ1) is 8.42. The predicted octanol–water partition coefficient (Wildman–Crippen LogP) is 1.09. The Morgan fingerprint density at radius 1 is 1.39 bits per heavy atom. The third-order valence-electron chi connectivity index (χ3n) is 3.33. The second kappa shape index (κ2) is 6.73. The number of carboxylic acids is 1. The third kappa shape index (κ3) is 4.64. The van der Waals surface area contributed by atoms with Gasteiger partial charge in [0, 0.05) is 18.5 Å². The van der Waals surface area contributed by atoms with Crippen LogP contribution in [0.5, 0.6) is 0 Å². The van der Waals surface area contributed by atoms with Crippen molar-refractivity contribution in [3.63, 3.8) is 0 Å². The fourth-order valence-electron chi connectivity index (χ4n) is 2.33. The van der Waals surface area contributed by atoms with E-state index in [9.17, 15) is 9.59 Å². The van der Waals surface area contributed by atoms with Gasteiger partial charge >= 0.3 is 5.97 Å². The number of nitrogens with one attached hydrogen (secondary N) is 1. The van der Waals surface area contributed by atoms with Crippen LogP contribution in [0.4, 0.5) is 0 Å². The maximum absolute atomic E-state index is 11.6. The lowest BCUT2D eigenvalue weighted by molar-refractivity contribution is -0.139. The van der Waals surface area contributed by atoms with Crippen LogP contribution in [0, 0.1) is 5.92 Å². The molecule has 1 saturated carbocycles. The third-order valence-corrected chi connectivity index (χ3v) is 3.33. The molecule has 5 heteroatoms. The van der Waals surface area contributed by atoms with E-state index in [0.29, 0.717) is 18.4 Å². The van der Waals surface area contributed by atoms with Crippen molar-refractivity contribution in [2.75, 3.05) is 13.1 Å². The van der Waals surface area contributed by atoms with Crippen LogP contribution >= 0.6 is 0 Å². The van der Waals surface area contributed by atoms with Gasteiger partial charge in [-0.05, 0) is 25.3 Å². The van der Waals surface area contributed by atoms with Crippen molar-refractivity contribution in [3.05, 3.63) is 0 Å². The number of aliphatic carboxylic acids is 1. The Kier molecular flexibility index (Phi) is 5.59. The summed E-state index contributed by atoms with van der Waals surface area (Å²) in [5, 5.41) is 11.8. The minimum Gasteiger partial charge on any atom is -0.480 e. The van der Waals surface area contributed by atoms with Gasteiger partial charge in [0.1, 0.15) is 0 Å². The summed E-state index contributed by atoms with van der Waals surface area (Å²) in [6.07, 6.45) is 2.30. The predicted molar refractivity (Wildman–Crippen MR) is 69.3 cm³/mol. The molecular formula is C13H24N2O3. The smallest absolute Gasteiger partial charge is 0.317 e. The SMILES string of the molecule is CCN(CC(=O)O)C1CC(NC(=O)CC(C)C)C1. The second-order valence-corrected chi connectivity index (χ2v) is 5.44. The first kappa shape index (κ1) is 15.0. The molecule has 1 aliphatic carbocycles. The summed E-state index contributed by atoms with van der Waals surface area (Å²) >= 11 is 0. The van der Waals surface area contributed by atoms with Crippen LogP contribution in [0.25, 0.3) is 0 Å². The van der Waals surface area contributed by atoms with Gasteiger partial charge < -0.3 is 10.4 Å². The quantitative estimate of drug-likeness (QED) is 0.715.